The summed E-state index contributed by atoms with van der Waals surface area (Å²) in [6.45, 7) is 12.2. The molecular formula is C32H40BNO7. The molecule has 4 fully saturated rings. The third-order valence-electron chi connectivity index (χ3n) is 9.26. The molecule has 2 aromatic rings. The second kappa shape index (κ2) is 10.6. The molecule has 4 aliphatic rings. The van der Waals surface area contributed by atoms with Crippen LogP contribution in [-0.4, -0.2) is 55.6 Å². The molecule has 1 amide bonds. The van der Waals surface area contributed by atoms with Gasteiger partial charge in [-0.05, 0) is 88.0 Å². The molecule has 0 spiro atoms. The predicted octanol–water partition coefficient (Wildman–Crippen LogP) is 5.07. The van der Waals surface area contributed by atoms with Crippen molar-refractivity contribution in [2.75, 3.05) is 7.11 Å². The summed E-state index contributed by atoms with van der Waals surface area (Å²) in [4.78, 5) is 37.8. The molecule has 5 unspecified atom stereocenters. The Hall–Kier alpha value is -3.17. The first-order valence-corrected chi connectivity index (χ1v) is 14.4. The first-order valence-electron chi connectivity index (χ1n) is 14.4. The number of hydrogen-bond acceptors (Lipinski definition) is 7. The highest BCUT2D eigenvalue weighted by atomic mass is 16.7. The lowest BCUT2D eigenvalue weighted by Crippen LogP contribution is -2.65. The molecular weight excluding hydrogens is 521 g/mol. The highest BCUT2D eigenvalue weighted by molar-refractivity contribution is 6.48. The maximum absolute atomic E-state index is 13.5. The summed E-state index contributed by atoms with van der Waals surface area (Å²) in [5.74, 6) is -0.122. The molecule has 3 aliphatic carbocycles. The van der Waals surface area contributed by atoms with Gasteiger partial charge in [-0.3, -0.25) is 9.59 Å². The van der Waals surface area contributed by atoms with Crippen molar-refractivity contribution in [3.05, 3.63) is 64.7 Å². The number of amides is 1. The molecule has 1 N–H and O–H groups in total. The minimum absolute atomic E-state index is 0.0722. The first kappa shape index (κ1) is 29.3. The number of esters is 1. The summed E-state index contributed by atoms with van der Waals surface area (Å²) >= 11 is 0. The predicted molar refractivity (Wildman–Crippen MR) is 155 cm³/mol. The Kier molecular flexibility index (Phi) is 7.58. The largest absolute Gasteiger partial charge is 0.496 e. The molecule has 218 valence electrons. The van der Waals surface area contributed by atoms with Crippen molar-refractivity contribution in [2.45, 2.75) is 84.1 Å². The van der Waals surface area contributed by atoms with E-state index in [0.29, 0.717) is 46.1 Å². The lowest BCUT2D eigenvalue weighted by Gasteiger charge is -2.64. The van der Waals surface area contributed by atoms with Crippen molar-refractivity contribution in [1.82, 2.24) is 5.32 Å². The summed E-state index contributed by atoms with van der Waals surface area (Å²) in [5.41, 5.74) is 0.818. The van der Waals surface area contributed by atoms with Gasteiger partial charge in [-0.1, -0.05) is 38.1 Å². The summed E-state index contributed by atoms with van der Waals surface area (Å²) in [6, 6.07) is 11.9. The van der Waals surface area contributed by atoms with E-state index in [2.05, 4.69) is 26.1 Å². The lowest BCUT2D eigenvalue weighted by atomic mass is 9.43. The van der Waals surface area contributed by atoms with Gasteiger partial charge in [-0.25, -0.2) is 4.79 Å². The van der Waals surface area contributed by atoms with Crippen LogP contribution in [0.1, 0.15) is 91.0 Å². The fourth-order valence-corrected chi connectivity index (χ4v) is 7.01. The Balaban J connectivity index is 1.46. The summed E-state index contributed by atoms with van der Waals surface area (Å²) in [6.07, 6.45) is 2.94. The van der Waals surface area contributed by atoms with Gasteiger partial charge >= 0.3 is 13.1 Å². The van der Waals surface area contributed by atoms with Crippen LogP contribution in [0.3, 0.4) is 0 Å². The standard InChI is InChI=1S/C32H40BNO7/c1-30(2,3)39-29(37)23-13-9-11-20(27(23)38-7)15-26(34-28(36)21-12-8-10-19(14-21)18-35)33-40-25-17-22-16-24(31(22,4)5)32(25,6)41-33/h8-14,18,22,24-26H,15-17H2,1-7H3,(H,34,36). The molecule has 0 aromatic heterocycles. The Bertz CT molecular complexity index is 1350. The van der Waals surface area contributed by atoms with Crippen LogP contribution in [-0.2, 0) is 20.5 Å². The van der Waals surface area contributed by atoms with Crippen LogP contribution in [0.2, 0.25) is 0 Å². The van der Waals surface area contributed by atoms with Gasteiger partial charge in [0.15, 0.2) is 0 Å². The lowest BCUT2D eigenvalue weighted by molar-refractivity contribution is -0.199. The number of aldehydes is 1. The third kappa shape index (κ3) is 5.42. The molecule has 1 saturated heterocycles. The molecule has 0 radical (unpaired) electrons. The molecule has 2 aromatic carbocycles. The van der Waals surface area contributed by atoms with Crippen molar-refractivity contribution in [2.24, 2.45) is 17.3 Å². The summed E-state index contributed by atoms with van der Waals surface area (Å²) < 4.78 is 24.7. The average Bonchev–Trinajstić information content (AvgIpc) is 3.28. The molecule has 8 nitrogen and oxygen atoms in total. The Labute approximate surface area is 242 Å². The molecule has 1 heterocycles. The fraction of sp³-hybridized carbons (Fsp3) is 0.531. The monoisotopic (exact) mass is 561 g/mol. The number of methoxy groups -OCH3 is 1. The van der Waals surface area contributed by atoms with Crippen molar-refractivity contribution in [1.29, 1.82) is 0 Å². The van der Waals surface area contributed by atoms with Crippen LogP contribution in [0.25, 0.3) is 0 Å². The quantitative estimate of drug-likeness (QED) is 0.273. The zero-order chi connectivity index (χ0) is 29.7. The van der Waals surface area contributed by atoms with Crippen molar-refractivity contribution in [3.8, 4) is 5.75 Å². The summed E-state index contributed by atoms with van der Waals surface area (Å²) in [7, 11) is 0.798. The number of rotatable bonds is 8. The minimum Gasteiger partial charge on any atom is -0.496 e. The van der Waals surface area contributed by atoms with E-state index in [9.17, 15) is 14.4 Å². The van der Waals surface area contributed by atoms with E-state index in [0.717, 1.165) is 12.8 Å². The van der Waals surface area contributed by atoms with Gasteiger partial charge in [0, 0.05) is 11.1 Å². The number of ether oxygens (including phenoxy) is 2. The van der Waals surface area contributed by atoms with E-state index < -0.39 is 30.2 Å². The van der Waals surface area contributed by atoms with Crippen LogP contribution in [0.5, 0.6) is 5.75 Å². The first-order chi connectivity index (χ1) is 19.3. The normalized spacial score (nSPS) is 26.8. The molecule has 9 heteroatoms. The second-order valence-electron chi connectivity index (χ2n) is 13.4. The molecule has 5 atom stereocenters. The maximum atomic E-state index is 13.5. The van der Waals surface area contributed by atoms with E-state index in [1.165, 1.54) is 7.11 Å². The van der Waals surface area contributed by atoms with Crippen LogP contribution in [0.4, 0.5) is 0 Å². The van der Waals surface area contributed by atoms with Crippen molar-refractivity contribution >= 4 is 25.3 Å². The Morgan fingerprint density at radius 3 is 2.54 bits per heavy atom. The molecule has 2 bridgehead atoms. The van der Waals surface area contributed by atoms with Gasteiger partial charge in [0.25, 0.3) is 5.91 Å². The van der Waals surface area contributed by atoms with E-state index in [1.807, 2.05) is 26.8 Å². The van der Waals surface area contributed by atoms with Gasteiger partial charge in [0.1, 0.15) is 23.2 Å². The number of hydrogen-bond donors (Lipinski definition) is 1. The topological polar surface area (TPSA) is 100 Å². The van der Waals surface area contributed by atoms with Crippen LogP contribution < -0.4 is 10.1 Å². The van der Waals surface area contributed by atoms with Crippen LogP contribution >= 0.6 is 0 Å². The molecule has 3 saturated carbocycles. The van der Waals surface area contributed by atoms with E-state index in [1.54, 1.807) is 36.4 Å². The number of nitrogens with one attached hydrogen (secondary N) is 1. The van der Waals surface area contributed by atoms with Gasteiger partial charge < -0.3 is 24.1 Å². The van der Waals surface area contributed by atoms with Crippen LogP contribution in [0.15, 0.2) is 42.5 Å². The highest BCUT2D eigenvalue weighted by Gasteiger charge is 2.68. The number of carbonyl (C=O) groups is 3. The van der Waals surface area contributed by atoms with E-state index in [-0.39, 0.29) is 23.8 Å². The number of para-hydroxylation sites is 1. The average molecular weight is 561 g/mol. The number of carbonyl (C=O) groups excluding carboxylic acids is 3. The second-order valence-corrected chi connectivity index (χ2v) is 13.4. The molecule has 6 rings (SSSR count). The Morgan fingerprint density at radius 1 is 1.15 bits per heavy atom. The SMILES string of the molecule is COc1c(CC(NC(=O)c2cccc(C=O)c2)B2OC3CC4CC(C4(C)C)C3(C)O2)cccc1C(=O)OC(C)(C)C. The number of benzene rings is 2. The van der Waals surface area contributed by atoms with Gasteiger partial charge in [-0.15, -0.1) is 0 Å². The highest BCUT2D eigenvalue weighted by Crippen LogP contribution is 2.65. The van der Waals surface area contributed by atoms with Crippen molar-refractivity contribution in [3.63, 3.8) is 0 Å². The zero-order valence-electron chi connectivity index (χ0n) is 25.0. The van der Waals surface area contributed by atoms with Gasteiger partial charge in [0.05, 0.1) is 24.8 Å². The Morgan fingerprint density at radius 2 is 1.88 bits per heavy atom. The zero-order valence-corrected chi connectivity index (χ0v) is 25.0. The smallest absolute Gasteiger partial charge is 0.482 e. The molecule has 41 heavy (non-hydrogen) atoms. The third-order valence-corrected chi connectivity index (χ3v) is 9.26. The fourth-order valence-electron chi connectivity index (χ4n) is 7.01. The van der Waals surface area contributed by atoms with Gasteiger partial charge in [-0.2, -0.15) is 0 Å². The van der Waals surface area contributed by atoms with E-state index >= 15 is 0 Å². The van der Waals surface area contributed by atoms with E-state index in [4.69, 9.17) is 18.8 Å². The summed E-state index contributed by atoms with van der Waals surface area (Å²) in [5, 5.41) is 3.11. The van der Waals surface area contributed by atoms with Crippen LogP contribution in [0, 0.1) is 17.3 Å². The maximum Gasteiger partial charge on any atom is 0.482 e. The minimum atomic E-state index is -0.715. The van der Waals surface area contributed by atoms with Gasteiger partial charge in [0.2, 0.25) is 0 Å². The molecule has 1 aliphatic heterocycles. The van der Waals surface area contributed by atoms with Crippen molar-refractivity contribution < 1.29 is 33.2 Å².